The molecule has 0 heterocycles. The van der Waals surface area contributed by atoms with Crippen LogP contribution >= 0.6 is 15.9 Å². The molecule has 0 aliphatic rings. The number of carbonyl (C=O) groups is 1. The number of rotatable bonds is 3. The number of nitrogens with one attached hydrogen (secondary N) is 1. The highest BCUT2D eigenvalue weighted by atomic mass is 79.9. The third-order valence-corrected chi connectivity index (χ3v) is 3.38. The topological polar surface area (TPSA) is 38.3 Å². The van der Waals surface area contributed by atoms with Gasteiger partial charge in [0, 0.05) is 10.5 Å². The maximum absolute atomic E-state index is 13.5. The number of benzene rings is 2. The van der Waals surface area contributed by atoms with Crippen LogP contribution in [0.4, 0.5) is 13.6 Å². The smallest absolute Gasteiger partial charge is 0.408 e. The van der Waals surface area contributed by atoms with Gasteiger partial charge in [0.15, 0.2) is 0 Å². The maximum Gasteiger partial charge on any atom is 0.408 e. The summed E-state index contributed by atoms with van der Waals surface area (Å²) in [6.07, 6.45) is -0.623. The summed E-state index contributed by atoms with van der Waals surface area (Å²) in [4.78, 5) is 11.5. The van der Waals surface area contributed by atoms with Gasteiger partial charge in [-0.1, -0.05) is 42.2 Å². The van der Waals surface area contributed by atoms with Crippen molar-refractivity contribution in [3.05, 3.63) is 69.7 Å². The number of carbonyl (C=O) groups excluding carboxylic acids is 1. The Morgan fingerprint density at radius 1 is 1.22 bits per heavy atom. The minimum Gasteiger partial charge on any atom is -0.445 e. The zero-order chi connectivity index (χ0) is 16.7. The Balaban J connectivity index is 1.83. The number of amides is 1. The van der Waals surface area contributed by atoms with Gasteiger partial charge in [-0.15, -0.1) is 0 Å². The lowest BCUT2D eigenvalue weighted by atomic mass is 10.2. The molecular weight excluding hydrogens is 368 g/mol. The average Bonchev–Trinajstić information content (AvgIpc) is 2.52. The molecule has 118 valence electrons. The molecule has 0 unspecified atom stereocenters. The Labute approximate surface area is 140 Å². The maximum atomic E-state index is 13.5. The van der Waals surface area contributed by atoms with Crippen LogP contribution in [0.25, 0.3) is 0 Å². The van der Waals surface area contributed by atoms with Crippen LogP contribution in [0.2, 0.25) is 0 Å². The first-order valence-electron chi connectivity index (χ1n) is 6.64. The summed E-state index contributed by atoms with van der Waals surface area (Å²) in [6, 6.07) is 11.1. The molecule has 0 atom stereocenters. The number of hydrogen-bond acceptors (Lipinski definition) is 2. The molecule has 0 aromatic heterocycles. The van der Waals surface area contributed by atoms with E-state index in [-0.39, 0.29) is 23.2 Å². The van der Waals surface area contributed by atoms with Crippen molar-refractivity contribution in [2.24, 2.45) is 0 Å². The van der Waals surface area contributed by atoms with E-state index in [4.69, 9.17) is 4.74 Å². The van der Waals surface area contributed by atoms with Gasteiger partial charge in [-0.3, -0.25) is 0 Å². The van der Waals surface area contributed by atoms with Gasteiger partial charge in [-0.05, 0) is 27.6 Å². The molecule has 0 saturated carbocycles. The molecule has 0 bridgehead atoms. The summed E-state index contributed by atoms with van der Waals surface area (Å²) < 4.78 is 31.7. The first-order chi connectivity index (χ1) is 11.1. The molecule has 2 rings (SSSR count). The van der Waals surface area contributed by atoms with Crippen molar-refractivity contribution in [3.63, 3.8) is 0 Å². The van der Waals surface area contributed by atoms with Crippen molar-refractivity contribution in [1.29, 1.82) is 0 Å². The number of halogens is 3. The largest absolute Gasteiger partial charge is 0.445 e. The van der Waals surface area contributed by atoms with Gasteiger partial charge in [0.1, 0.15) is 18.2 Å². The molecule has 1 N–H and O–H groups in total. The van der Waals surface area contributed by atoms with E-state index < -0.39 is 17.7 Å². The first-order valence-corrected chi connectivity index (χ1v) is 7.43. The fourth-order valence-corrected chi connectivity index (χ4v) is 2.19. The summed E-state index contributed by atoms with van der Waals surface area (Å²) in [5, 5.41) is 2.43. The second-order valence-corrected chi connectivity index (χ2v) is 5.32. The van der Waals surface area contributed by atoms with Crippen LogP contribution in [0.1, 0.15) is 11.1 Å². The normalized spacial score (nSPS) is 9.70. The van der Waals surface area contributed by atoms with Crippen LogP contribution in [0, 0.1) is 23.5 Å². The summed E-state index contributed by atoms with van der Waals surface area (Å²) in [6.45, 7) is 0.134. The molecule has 3 nitrogen and oxygen atoms in total. The minimum absolute atomic E-state index is 0.0170. The van der Waals surface area contributed by atoms with Gasteiger partial charge in [0.05, 0.1) is 12.1 Å². The van der Waals surface area contributed by atoms with E-state index >= 15 is 0 Å². The second kappa shape index (κ2) is 8.30. The van der Waals surface area contributed by atoms with Gasteiger partial charge in [-0.2, -0.15) is 0 Å². The highest BCUT2D eigenvalue weighted by Crippen LogP contribution is 2.20. The van der Waals surface area contributed by atoms with Crippen LogP contribution in [0.3, 0.4) is 0 Å². The molecule has 0 spiro atoms. The SMILES string of the molecule is O=C(NCC#Cc1c(F)cc(F)cc1Br)OCc1ccccc1. The van der Waals surface area contributed by atoms with Crippen LogP contribution in [-0.4, -0.2) is 12.6 Å². The van der Waals surface area contributed by atoms with E-state index in [1.165, 1.54) is 0 Å². The van der Waals surface area contributed by atoms with Crippen molar-refractivity contribution in [2.45, 2.75) is 6.61 Å². The van der Waals surface area contributed by atoms with Crippen molar-refractivity contribution < 1.29 is 18.3 Å². The Kier molecular flexibility index (Phi) is 6.12. The van der Waals surface area contributed by atoms with Crippen molar-refractivity contribution >= 4 is 22.0 Å². The molecule has 0 aliphatic carbocycles. The molecule has 2 aromatic rings. The Bertz CT molecular complexity index is 731. The molecule has 0 aliphatic heterocycles. The lowest BCUT2D eigenvalue weighted by Gasteiger charge is -2.04. The third-order valence-electron chi connectivity index (χ3n) is 2.75. The Hall–Kier alpha value is -2.39. The molecule has 6 heteroatoms. The fourth-order valence-electron chi connectivity index (χ4n) is 1.68. The van der Waals surface area contributed by atoms with Gasteiger partial charge >= 0.3 is 6.09 Å². The number of hydrogen-bond donors (Lipinski definition) is 1. The van der Waals surface area contributed by atoms with E-state index in [0.717, 1.165) is 17.7 Å². The zero-order valence-electron chi connectivity index (χ0n) is 11.9. The first kappa shape index (κ1) is 17.0. The highest BCUT2D eigenvalue weighted by molar-refractivity contribution is 9.10. The van der Waals surface area contributed by atoms with Crippen LogP contribution in [0.5, 0.6) is 0 Å². The lowest BCUT2D eigenvalue weighted by Crippen LogP contribution is -2.24. The molecule has 23 heavy (non-hydrogen) atoms. The quantitative estimate of drug-likeness (QED) is 0.818. The predicted molar refractivity (Wildman–Crippen MR) is 85.6 cm³/mol. The highest BCUT2D eigenvalue weighted by Gasteiger charge is 2.07. The monoisotopic (exact) mass is 379 g/mol. The van der Waals surface area contributed by atoms with Gasteiger partial charge in [-0.25, -0.2) is 13.6 Å². The number of alkyl carbamates (subject to hydrolysis) is 1. The van der Waals surface area contributed by atoms with Gasteiger partial charge < -0.3 is 10.1 Å². The van der Waals surface area contributed by atoms with Crippen molar-refractivity contribution in [1.82, 2.24) is 5.32 Å². The van der Waals surface area contributed by atoms with Crippen LogP contribution in [-0.2, 0) is 11.3 Å². The zero-order valence-corrected chi connectivity index (χ0v) is 13.5. The second-order valence-electron chi connectivity index (χ2n) is 4.46. The predicted octanol–water partition coefficient (Wildman–Crippen LogP) is 4.01. The van der Waals surface area contributed by atoms with Gasteiger partial charge in [0.2, 0.25) is 0 Å². The van der Waals surface area contributed by atoms with E-state index in [1.807, 2.05) is 30.3 Å². The number of ether oxygens (including phenoxy) is 1. The fraction of sp³-hybridized carbons (Fsp3) is 0.118. The molecule has 1 amide bonds. The molecule has 0 fully saturated rings. The molecule has 2 aromatic carbocycles. The van der Waals surface area contributed by atoms with E-state index in [0.29, 0.717) is 0 Å². The third kappa shape index (κ3) is 5.38. The minimum atomic E-state index is -0.768. The summed E-state index contributed by atoms with van der Waals surface area (Å²) in [5.74, 6) is 3.65. The van der Waals surface area contributed by atoms with Crippen LogP contribution in [0.15, 0.2) is 46.9 Å². The van der Waals surface area contributed by atoms with Crippen molar-refractivity contribution in [3.8, 4) is 11.8 Å². The average molecular weight is 380 g/mol. The van der Waals surface area contributed by atoms with E-state index in [9.17, 15) is 13.6 Å². The molecular formula is C17H12BrF2NO2. The van der Waals surface area contributed by atoms with Crippen LogP contribution < -0.4 is 5.32 Å². The molecule has 0 radical (unpaired) electrons. The van der Waals surface area contributed by atoms with E-state index in [1.54, 1.807) is 0 Å². The lowest BCUT2D eigenvalue weighted by molar-refractivity contribution is 0.141. The van der Waals surface area contributed by atoms with Gasteiger partial charge in [0.25, 0.3) is 0 Å². The standard InChI is InChI=1S/C17H12BrF2NO2/c18-15-9-13(19)10-16(20)14(15)7-4-8-21-17(22)23-11-12-5-2-1-3-6-12/h1-3,5-6,9-10H,8,11H2,(H,21,22). The molecule has 0 saturated heterocycles. The Morgan fingerprint density at radius 2 is 1.96 bits per heavy atom. The summed E-state index contributed by atoms with van der Waals surface area (Å²) >= 11 is 3.04. The summed E-state index contributed by atoms with van der Waals surface area (Å²) in [5.41, 5.74) is 0.900. The van der Waals surface area contributed by atoms with E-state index in [2.05, 4.69) is 33.1 Å². The van der Waals surface area contributed by atoms with Crippen molar-refractivity contribution in [2.75, 3.05) is 6.54 Å². The Morgan fingerprint density at radius 3 is 2.65 bits per heavy atom. The summed E-state index contributed by atoms with van der Waals surface area (Å²) in [7, 11) is 0.